The summed E-state index contributed by atoms with van der Waals surface area (Å²) in [5.74, 6) is -0.0873. The lowest BCUT2D eigenvalue weighted by Gasteiger charge is -2.25. The highest BCUT2D eigenvalue weighted by Crippen LogP contribution is 2.14. The molecular formula is C14H22N2O. The normalized spacial score (nSPS) is 16.0. The van der Waals surface area contributed by atoms with Crippen molar-refractivity contribution in [2.45, 2.75) is 45.2 Å². The largest absolute Gasteiger partial charge is 0.348 e. The third-order valence-corrected chi connectivity index (χ3v) is 2.94. The van der Waals surface area contributed by atoms with Gasteiger partial charge in [0.1, 0.15) is 0 Å². The lowest BCUT2D eigenvalue weighted by molar-refractivity contribution is -0.126. The van der Waals surface area contributed by atoms with E-state index in [1.807, 2.05) is 44.2 Å². The van der Waals surface area contributed by atoms with Gasteiger partial charge in [-0.2, -0.15) is 0 Å². The molecule has 1 rings (SSSR count). The van der Waals surface area contributed by atoms with Crippen LogP contribution in [0.4, 0.5) is 0 Å². The van der Waals surface area contributed by atoms with Crippen molar-refractivity contribution in [3.63, 3.8) is 0 Å². The Morgan fingerprint density at radius 1 is 1.41 bits per heavy atom. The van der Waals surface area contributed by atoms with E-state index in [4.69, 9.17) is 5.73 Å². The predicted octanol–water partition coefficient (Wildman–Crippen LogP) is 2.38. The Morgan fingerprint density at radius 2 is 2.00 bits per heavy atom. The molecule has 2 atom stereocenters. The number of hydrogen-bond acceptors (Lipinski definition) is 2. The van der Waals surface area contributed by atoms with Gasteiger partial charge in [-0.1, -0.05) is 43.7 Å². The molecule has 0 aromatic heterocycles. The predicted molar refractivity (Wildman–Crippen MR) is 70.5 cm³/mol. The number of hydrogen-bond donors (Lipinski definition) is 2. The van der Waals surface area contributed by atoms with Crippen molar-refractivity contribution in [3.05, 3.63) is 35.9 Å². The van der Waals surface area contributed by atoms with E-state index in [1.54, 1.807) is 6.92 Å². The van der Waals surface area contributed by atoms with Crippen molar-refractivity contribution in [2.75, 3.05) is 0 Å². The van der Waals surface area contributed by atoms with E-state index in [0.717, 1.165) is 12.0 Å². The first-order chi connectivity index (χ1) is 7.97. The first-order valence-electron chi connectivity index (χ1n) is 6.12. The van der Waals surface area contributed by atoms with E-state index in [0.29, 0.717) is 6.42 Å². The molecule has 2 unspecified atom stereocenters. The third kappa shape index (κ3) is 3.86. The van der Waals surface area contributed by atoms with Crippen LogP contribution in [-0.4, -0.2) is 11.4 Å². The lowest BCUT2D eigenvalue weighted by atomic mass is 9.95. The van der Waals surface area contributed by atoms with E-state index in [2.05, 4.69) is 5.32 Å². The zero-order valence-electron chi connectivity index (χ0n) is 10.9. The number of nitrogens with two attached hydrogens (primary N) is 1. The monoisotopic (exact) mass is 234 g/mol. The number of rotatable bonds is 5. The van der Waals surface area contributed by atoms with Crippen LogP contribution in [-0.2, 0) is 4.79 Å². The number of nitrogens with one attached hydrogen (secondary N) is 1. The fourth-order valence-corrected chi connectivity index (χ4v) is 1.82. The van der Waals surface area contributed by atoms with Gasteiger partial charge >= 0.3 is 0 Å². The first-order valence-corrected chi connectivity index (χ1v) is 6.12. The van der Waals surface area contributed by atoms with Crippen molar-refractivity contribution in [1.82, 2.24) is 5.32 Å². The summed E-state index contributed by atoms with van der Waals surface area (Å²) < 4.78 is 0. The average molecular weight is 234 g/mol. The molecule has 0 bridgehead atoms. The molecule has 1 aromatic rings. The molecule has 1 aromatic carbocycles. The van der Waals surface area contributed by atoms with Gasteiger partial charge < -0.3 is 11.1 Å². The lowest BCUT2D eigenvalue weighted by Crippen LogP contribution is -2.51. The highest BCUT2D eigenvalue weighted by molar-refractivity contribution is 5.85. The zero-order chi connectivity index (χ0) is 12.9. The van der Waals surface area contributed by atoms with Crippen LogP contribution in [0.1, 0.15) is 45.2 Å². The van der Waals surface area contributed by atoms with Crippen LogP contribution in [0.3, 0.4) is 0 Å². The minimum atomic E-state index is -0.780. The van der Waals surface area contributed by atoms with Gasteiger partial charge in [0, 0.05) is 0 Å². The summed E-state index contributed by atoms with van der Waals surface area (Å²) in [4.78, 5) is 12.0. The molecule has 3 heteroatoms. The van der Waals surface area contributed by atoms with Crippen molar-refractivity contribution in [2.24, 2.45) is 5.73 Å². The number of carbonyl (C=O) groups is 1. The second kappa shape index (κ2) is 5.82. The van der Waals surface area contributed by atoms with Gasteiger partial charge in [-0.05, 0) is 25.8 Å². The average Bonchev–Trinajstić information content (AvgIpc) is 2.30. The van der Waals surface area contributed by atoms with Crippen LogP contribution in [0.5, 0.6) is 0 Å². The Labute approximate surface area is 103 Å². The minimum Gasteiger partial charge on any atom is -0.348 e. The molecule has 3 nitrogen and oxygen atoms in total. The van der Waals surface area contributed by atoms with Crippen LogP contribution in [0.25, 0.3) is 0 Å². The Morgan fingerprint density at radius 3 is 2.53 bits per heavy atom. The summed E-state index contributed by atoms with van der Waals surface area (Å²) in [5, 5.41) is 2.96. The van der Waals surface area contributed by atoms with Crippen LogP contribution in [0, 0.1) is 0 Å². The van der Waals surface area contributed by atoms with E-state index >= 15 is 0 Å². The van der Waals surface area contributed by atoms with Gasteiger partial charge in [0.05, 0.1) is 11.6 Å². The third-order valence-electron chi connectivity index (χ3n) is 2.94. The highest BCUT2D eigenvalue weighted by atomic mass is 16.2. The van der Waals surface area contributed by atoms with E-state index in [1.165, 1.54) is 0 Å². The molecule has 0 saturated carbocycles. The van der Waals surface area contributed by atoms with Gasteiger partial charge in [-0.3, -0.25) is 4.79 Å². The van der Waals surface area contributed by atoms with Crippen LogP contribution in [0.15, 0.2) is 30.3 Å². The standard InChI is InChI=1S/C14H22N2O/c1-4-10-14(3,15)13(17)16-11(2)12-8-6-5-7-9-12/h5-9,11H,4,10,15H2,1-3H3,(H,16,17). The van der Waals surface area contributed by atoms with Gasteiger partial charge in [-0.15, -0.1) is 0 Å². The molecule has 0 radical (unpaired) electrons. The van der Waals surface area contributed by atoms with Crippen molar-refractivity contribution < 1.29 is 4.79 Å². The molecule has 17 heavy (non-hydrogen) atoms. The van der Waals surface area contributed by atoms with Crippen LogP contribution in [0.2, 0.25) is 0 Å². The molecule has 0 saturated heterocycles. The van der Waals surface area contributed by atoms with Gasteiger partial charge in [0.25, 0.3) is 0 Å². The summed E-state index contributed by atoms with van der Waals surface area (Å²) in [6.07, 6.45) is 1.60. The van der Waals surface area contributed by atoms with E-state index in [9.17, 15) is 4.79 Å². The maximum atomic E-state index is 12.0. The Kier molecular flexibility index (Phi) is 4.70. The molecule has 0 aliphatic heterocycles. The molecular weight excluding hydrogens is 212 g/mol. The van der Waals surface area contributed by atoms with Crippen LogP contribution < -0.4 is 11.1 Å². The SMILES string of the molecule is CCCC(C)(N)C(=O)NC(C)c1ccccc1. The van der Waals surface area contributed by atoms with Crippen molar-refractivity contribution in [1.29, 1.82) is 0 Å². The zero-order valence-corrected chi connectivity index (χ0v) is 10.9. The van der Waals surface area contributed by atoms with Crippen molar-refractivity contribution >= 4 is 5.91 Å². The second-order valence-corrected chi connectivity index (χ2v) is 4.77. The molecule has 3 N–H and O–H groups in total. The molecule has 0 heterocycles. The number of carbonyl (C=O) groups excluding carboxylic acids is 1. The summed E-state index contributed by atoms with van der Waals surface area (Å²) in [6, 6.07) is 9.87. The van der Waals surface area contributed by atoms with Gasteiger partial charge in [0.15, 0.2) is 0 Å². The molecule has 0 spiro atoms. The van der Waals surface area contributed by atoms with Gasteiger partial charge in [0.2, 0.25) is 5.91 Å². The fourth-order valence-electron chi connectivity index (χ4n) is 1.82. The Bertz CT molecular complexity index is 360. The van der Waals surface area contributed by atoms with Crippen LogP contribution >= 0.6 is 0 Å². The molecule has 0 aliphatic rings. The first kappa shape index (κ1) is 13.7. The molecule has 0 fully saturated rings. The highest BCUT2D eigenvalue weighted by Gasteiger charge is 2.28. The summed E-state index contributed by atoms with van der Waals surface area (Å²) in [7, 11) is 0. The van der Waals surface area contributed by atoms with E-state index < -0.39 is 5.54 Å². The molecule has 94 valence electrons. The summed E-state index contributed by atoms with van der Waals surface area (Å²) in [6.45, 7) is 5.78. The Balaban J connectivity index is 2.63. The molecule has 1 amide bonds. The fraction of sp³-hybridized carbons (Fsp3) is 0.500. The maximum Gasteiger partial charge on any atom is 0.240 e. The number of benzene rings is 1. The summed E-state index contributed by atoms with van der Waals surface area (Å²) in [5.41, 5.74) is 6.30. The molecule has 0 aliphatic carbocycles. The quantitative estimate of drug-likeness (QED) is 0.822. The topological polar surface area (TPSA) is 55.1 Å². The summed E-state index contributed by atoms with van der Waals surface area (Å²) >= 11 is 0. The maximum absolute atomic E-state index is 12.0. The smallest absolute Gasteiger partial charge is 0.240 e. The van der Waals surface area contributed by atoms with E-state index in [-0.39, 0.29) is 11.9 Å². The second-order valence-electron chi connectivity index (χ2n) is 4.77. The van der Waals surface area contributed by atoms with Gasteiger partial charge in [-0.25, -0.2) is 0 Å². The van der Waals surface area contributed by atoms with Crippen molar-refractivity contribution in [3.8, 4) is 0 Å². The Hall–Kier alpha value is -1.35. The number of amides is 1. The minimum absolute atomic E-state index is 0.0107.